The number of carbonyl (C=O) groups excluding carboxylic acids is 1. The zero-order valence-corrected chi connectivity index (χ0v) is 12.4. The van der Waals surface area contributed by atoms with Crippen LogP contribution in [0.5, 0.6) is 0 Å². The van der Waals surface area contributed by atoms with Crippen LogP contribution in [0.3, 0.4) is 0 Å². The second-order valence-electron chi connectivity index (χ2n) is 4.46. The Morgan fingerprint density at radius 2 is 2.26 bits per heavy atom. The van der Waals surface area contributed by atoms with E-state index >= 15 is 0 Å². The van der Waals surface area contributed by atoms with Gasteiger partial charge in [0.15, 0.2) is 0 Å². The first-order chi connectivity index (χ1) is 8.66. The molecule has 3 nitrogen and oxygen atoms in total. The Balaban J connectivity index is 0.00000180. The lowest BCUT2D eigenvalue weighted by Crippen LogP contribution is -2.30. The van der Waals surface area contributed by atoms with Crippen LogP contribution in [0.4, 0.5) is 0 Å². The first-order valence-electron chi connectivity index (χ1n) is 6.10. The molecule has 0 unspecified atom stereocenters. The maximum atomic E-state index is 12.0. The van der Waals surface area contributed by atoms with Crippen LogP contribution in [0.25, 0.3) is 0 Å². The van der Waals surface area contributed by atoms with Crippen molar-refractivity contribution in [2.24, 2.45) is 0 Å². The Kier molecular flexibility index (Phi) is 6.35. The lowest BCUT2D eigenvalue weighted by atomic mass is 10.1. The summed E-state index contributed by atoms with van der Waals surface area (Å²) in [5, 5.41) is 6.85. The number of aryl methyl sites for hydroxylation is 1. The topological polar surface area (TPSA) is 41.1 Å². The average molecular weight is 301 g/mol. The molecule has 0 spiro atoms. The van der Waals surface area contributed by atoms with Gasteiger partial charge in [0, 0.05) is 23.7 Å². The van der Waals surface area contributed by atoms with Crippen molar-refractivity contribution in [2.45, 2.75) is 13.3 Å². The van der Waals surface area contributed by atoms with Gasteiger partial charge in [0.1, 0.15) is 0 Å². The maximum Gasteiger partial charge on any atom is 0.251 e. The van der Waals surface area contributed by atoms with Crippen LogP contribution in [-0.4, -0.2) is 25.5 Å². The molecule has 0 aliphatic carbocycles. The van der Waals surface area contributed by atoms with Crippen molar-refractivity contribution in [2.75, 3.05) is 19.6 Å². The third-order valence-corrected chi connectivity index (χ3v) is 3.30. The Hall–Kier alpha value is -1.03. The number of carbonyl (C=O) groups is 1. The number of nitrogens with one attached hydrogen (secondary N) is 2. The normalized spacial score (nSPS) is 14.3. The summed E-state index contributed by atoms with van der Waals surface area (Å²) < 4.78 is 0. The van der Waals surface area contributed by atoms with E-state index in [1.807, 2.05) is 6.92 Å². The van der Waals surface area contributed by atoms with E-state index in [1.54, 1.807) is 18.2 Å². The molecule has 0 saturated heterocycles. The predicted octanol–water partition coefficient (Wildman–Crippen LogP) is 2.72. The van der Waals surface area contributed by atoms with Crippen LogP contribution in [0.1, 0.15) is 22.3 Å². The zero-order valence-electron chi connectivity index (χ0n) is 10.8. The third-order valence-electron chi connectivity index (χ3n) is 3.07. The highest BCUT2D eigenvalue weighted by atomic mass is 35.5. The molecule has 5 heteroatoms. The fourth-order valence-corrected chi connectivity index (χ4v) is 2.23. The number of hydrogen-bond acceptors (Lipinski definition) is 2. The molecule has 104 valence electrons. The van der Waals surface area contributed by atoms with Gasteiger partial charge in [-0.25, -0.2) is 0 Å². The van der Waals surface area contributed by atoms with Crippen LogP contribution in [0.2, 0.25) is 5.02 Å². The van der Waals surface area contributed by atoms with E-state index in [0.29, 0.717) is 17.1 Å². The first kappa shape index (κ1) is 16.0. The predicted molar refractivity (Wildman–Crippen MR) is 81.3 cm³/mol. The first-order valence-corrected chi connectivity index (χ1v) is 6.47. The minimum absolute atomic E-state index is 0. The molecule has 1 heterocycles. The number of halogens is 2. The van der Waals surface area contributed by atoms with Gasteiger partial charge in [-0.2, -0.15) is 0 Å². The molecule has 1 amide bonds. The zero-order chi connectivity index (χ0) is 13.0. The quantitative estimate of drug-likeness (QED) is 0.843. The summed E-state index contributed by atoms with van der Waals surface area (Å²) in [4.78, 5) is 12.0. The highest BCUT2D eigenvalue weighted by Gasteiger charge is 2.10. The van der Waals surface area contributed by atoms with Gasteiger partial charge in [0.05, 0.1) is 0 Å². The minimum atomic E-state index is -0.0383. The standard InChI is InChI=1S/C14H17ClN2O.ClH/c1-10-8-12(15)2-3-13(10)14(18)17-9-11-4-6-16-7-5-11;/h2-4,8,16H,5-7,9H2,1H3,(H,17,18);1H. The lowest BCUT2D eigenvalue weighted by molar-refractivity contribution is 0.0956. The van der Waals surface area contributed by atoms with Crippen LogP contribution in [0, 0.1) is 6.92 Å². The van der Waals surface area contributed by atoms with Gasteiger partial charge in [-0.05, 0) is 43.7 Å². The molecule has 0 saturated carbocycles. The molecule has 1 aromatic carbocycles. The van der Waals surface area contributed by atoms with E-state index in [0.717, 1.165) is 25.1 Å². The Labute approximate surface area is 124 Å². The molecular formula is C14H18Cl2N2O. The Morgan fingerprint density at radius 1 is 1.47 bits per heavy atom. The van der Waals surface area contributed by atoms with E-state index in [-0.39, 0.29) is 18.3 Å². The summed E-state index contributed by atoms with van der Waals surface area (Å²) in [7, 11) is 0. The van der Waals surface area contributed by atoms with E-state index in [1.165, 1.54) is 5.57 Å². The van der Waals surface area contributed by atoms with Crippen molar-refractivity contribution in [3.8, 4) is 0 Å². The summed E-state index contributed by atoms with van der Waals surface area (Å²) in [6, 6.07) is 5.32. The molecule has 0 atom stereocenters. The molecular weight excluding hydrogens is 283 g/mol. The largest absolute Gasteiger partial charge is 0.348 e. The third kappa shape index (κ3) is 4.53. The van der Waals surface area contributed by atoms with E-state index in [4.69, 9.17) is 11.6 Å². The van der Waals surface area contributed by atoms with Crippen LogP contribution in [0.15, 0.2) is 29.8 Å². The fraction of sp³-hybridized carbons (Fsp3) is 0.357. The molecule has 0 radical (unpaired) electrons. The van der Waals surface area contributed by atoms with Crippen molar-refractivity contribution in [3.63, 3.8) is 0 Å². The fourth-order valence-electron chi connectivity index (χ4n) is 2.00. The van der Waals surface area contributed by atoms with Gasteiger partial charge in [0.2, 0.25) is 0 Å². The van der Waals surface area contributed by atoms with Crippen LogP contribution in [-0.2, 0) is 0 Å². The van der Waals surface area contributed by atoms with Gasteiger partial charge >= 0.3 is 0 Å². The molecule has 1 aromatic rings. The van der Waals surface area contributed by atoms with Gasteiger partial charge < -0.3 is 10.6 Å². The van der Waals surface area contributed by atoms with E-state index in [2.05, 4.69) is 16.7 Å². The Bertz CT molecular complexity index is 486. The molecule has 0 aromatic heterocycles. The van der Waals surface area contributed by atoms with Crippen LogP contribution >= 0.6 is 24.0 Å². The van der Waals surface area contributed by atoms with E-state index < -0.39 is 0 Å². The monoisotopic (exact) mass is 300 g/mol. The molecule has 2 rings (SSSR count). The second kappa shape index (κ2) is 7.53. The van der Waals surface area contributed by atoms with Gasteiger partial charge in [0.25, 0.3) is 5.91 Å². The number of amides is 1. The minimum Gasteiger partial charge on any atom is -0.348 e. The smallest absolute Gasteiger partial charge is 0.251 e. The van der Waals surface area contributed by atoms with Crippen LogP contribution < -0.4 is 10.6 Å². The summed E-state index contributed by atoms with van der Waals surface area (Å²) in [6.45, 7) is 4.40. The highest BCUT2D eigenvalue weighted by molar-refractivity contribution is 6.30. The highest BCUT2D eigenvalue weighted by Crippen LogP contribution is 2.15. The summed E-state index contributed by atoms with van der Waals surface area (Å²) in [5.41, 5.74) is 2.88. The van der Waals surface area contributed by atoms with Crippen molar-refractivity contribution < 1.29 is 4.79 Å². The summed E-state index contributed by atoms with van der Waals surface area (Å²) >= 11 is 5.87. The van der Waals surface area contributed by atoms with Crippen molar-refractivity contribution in [1.29, 1.82) is 0 Å². The summed E-state index contributed by atoms with van der Waals surface area (Å²) in [5.74, 6) is -0.0383. The number of benzene rings is 1. The Morgan fingerprint density at radius 3 is 2.89 bits per heavy atom. The van der Waals surface area contributed by atoms with Gasteiger partial charge in [-0.1, -0.05) is 23.3 Å². The van der Waals surface area contributed by atoms with Crippen molar-refractivity contribution in [1.82, 2.24) is 10.6 Å². The van der Waals surface area contributed by atoms with Crippen molar-refractivity contribution in [3.05, 3.63) is 46.0 Å². The molecule has 2 N–H and O–H groups in total. The SMILES string of the molecule is Cc1cc(Cl)ccc1C(=O)NCC1=CCNCC1.Cl. The number of rotatable bonds is 3. The molecule has 0 bridgehead atoms. The second-order valence-corrected chi connectivity index (χ2v) is 4.89. The van der Waals surface area contributed by atoms with E-state index in [9.17, 15) is 4.79 Å². The summed E-state index contributed by atoms with van der Waals surface area (Å²) in [6.07, 6.45) is 3.14. The maximum absolute atomic E-state index is 12.0. The molecule has 0 fully saturated rings. The molecule has 1 aliphatic heterocycles. The lowest BCUT2D eigenvalue weighted by Gasteiger charge is -2.15. The molecule has 1 aliphatic rings. The average Bonchev–Trinajstić information content (AvgIpc) is 2.37. The van der Waals surface area contributed by atoms with Crippen molar-refractivity contribution >= 4 is 29.9 Å². The van der Waals surface area contributed by atoms with Gasteiger partial charge in [-0.3, -0.25) is 4.79 Å². The molecule has 19 heavy (non-hydrogen) atoms. The number of hydrogen-bond donors (Lipinski definition) is 2. The van der Waals surface area contributed by atoms with Gasteiger partial charge in [-0.15, -0.1) is 12.4 Å².